The van der Waals surface area contributed by atoms with Gasteiger partial charge in [0.05, 0.1) is 3.57 Å². The molecule has 15 heavy (non-hydrogen) atoms. The van der Waals surface area contributed by atoms with Crippen molar-refractivity contribution in [2.45, 2.75) is 27.7 Å². The van der Waals surface area contributed by atoms with Gasteiger partial charge in [-0.05, 0) is 79.6 Å². The number of rotatable bonds is 3. The van der Waals surface area contributed by atoms with Gasteiger partial charge in [0.15, 0.2) is 0 Å². The molecule has 0 aliphatic heterocycles. The van der Waals surface area contributed by atoms with Gasteiger partial charge in [-0.3, -0.25) is 0 Å². The van der Waals surface area contributed by atoms with Gasteiger partial charge in [0.2, 0.25) is 0 Å². The van der Waals surface area contributed by atoms with Crippen molar-refractivity contribution in [1.82, 2.24) is 0 Å². The van der Waals surface area contributed by atoms with Crippen LogP contribution in [-0.4, -0.2) is 6.61 Å². The Bertz CT molecular complexity index is 376. The molecule has 1 nitrogen and oxygen atoms in total. The smallest absolute Gasteiger partial charge is 0.133 e. The van der Waals surface area contributed by atoms with E-state index in [9.17, 15) is 0 Å². The normalized spacial score (nSPS) is 9.93. The molecule has 1 rings (SSSR count). The first-order valence-electron chi connectivity index (χ1n) is 5.03. The van der Waals surface area contributed by atoms with Crippen LogP contribution in [0.3, 0.4) is 0 Å². The van der Waals surface area contributed by atoms with Crippen LogP contribution in [0.4, 0.5) is 0 Å². The third-order valence-electron chi connectivity index (χ3n) is 2.28. The van der Waals surface area contributed by atoms with Crippen molar-refractivity contribution < 1.29 is 4.74 Å². The average molecular weight is 316 g/mol. The van der Waals surface area contributed by atoms with Gasteiger partial charge in [0.25, 0.3) is 0 Å². The van der Waals surface area contributed by atoms with E-state index in [1.807, 2.05) is 0 Å². The molecule has 82 valence electrons. The Balaban J connectivity index is 2.77. The second-order valence-corrected chi connectivity index (χ2v) is 5.12. The zero-order valence-electron chi connectivity index (χ0n) is 9.73. The van der Waals surface area contributed by atoms with Gasteiger partial charge in [-0.15, -0.1) is 0 Å². The lowest BCUT2D eigenvalue weighted by atomic mass is 10.1. The van der Waals surface area contributed by atoms with E-state index < -0.39 is 0 Å². The summed E-state index contributed by atoms with van der Waals surface area (Å²) >= 11 is 2.31. The highest BCUT2D eigenvalue weighted by molar-refractivity contribution is 14.1. The third-order valence-corrected chi connectivity index (χ3v) is 3.12. The maximum Gasteiger partial charge on any atom is 0.133 e. The van der Waals surface area contributed by atoms with E-state index in [2.05, 4.69) is 68.5 Å². The van der Waals surface area contributed by atoms with Crippen LogP contribution in [0.5, 0.6) is 5.75 Å². The summed E-state index contributed by atoms with van der Waals surface area (Å²) < 4.78 is 6.88. The molecule has 0 radical (unpaired) electrons. The van der Waals surface area contributed by atoms with E-state index in [1.54, 1.807) is 0 Å². The van der Waals surface area contributed by atoms with Gasteiger partial charge in [0.1, 0.15) is 12.4 Å². The van der Waals surface area contributed by atoms with Crippen LogP contribution in [0.2, 0.25) is 0 Å². The predicted molar refractivity (Wildman–Crippen MR) is 73.6 cm³/mol. The summed E-state index contributed by atoms with van der Waals surface area (Å²) in [6, 6.07) is 4.27. The molecule has 0 saturated carbocycles. The van der Waals surface area contributed by atoms with E-state index in [1.165, 1.54) is 20.3 Å². The number of benzene rings is 1. The minimum Gasteiger partial charge on any atom is -0.488 e. The summed E-state index contributed by atoms with van der Waals surface area (Å²) in [7, 11) is 0. The highest BCUT2D eigenvalue weighted by Gasteiger charge is 2.03. The van der Waals surface area contributed by atoms with Crippen molar-refractivity contribution in [3.05, 3.63) is 38.5 Å². The Labute approximate surface area is 106 Å². The average Bonchev–Trinajstić information content (AvgIpc) is 2.13. The number of aryl methyl sites for hydroxylation is 2. The Morgan fingerprint density at radius 3 is 2.47 bits per heavy atom. The van der Waals surface area contributed by atoms with Crippen molar-refractivity contribution in [3.63, 3.8) is 0 Å². The number of hydrogen-bond acceptors (Lipinski definition) is 1. The highest BCUT2D eigenvalue weighted by atomic mass is 127. The molecule has 1 aromatic rings. The fourth-order valence-corrected chi connectivity index (χ4v) is 1.94. The summed E-state index contributed by atoms with van der Waals surface area (Å²) in [6.45, 7) is 9.04. The molecule has 0 aliphatic carbocycles. The zero-order valence-corrected chi connectivity index (χ0v) is 11.9. The molecule has 0 fully saturated rings. The second-order valence-electron chi connectivity index (χ2n) is 3.96. The minimum atomic E-state index is 0.654. The van der Waals surface area contributed by atoms with E-state index in [0.717, 1.165) is 5.75 Å². The first-order chi connectivity index (χ1) is 7.00. The summed E-state index contributed by atoms with van der Waals surface area (Å²) in [6.07, 6.45) is 2.09. The fourth-order valence-electron chi connectivity index (χ4n) is 1.16. The first kappa shape index (κ1) is 12.6. The molecule has 0 heterocycles. The van der Waals surface area contributed by atoms with Crippen LogP contribution in [-0.2, 0) is 0 Å². The lowest BCUT2D eigenvalue weighted by Crippen LogP contribution is -1.97. The quantitative estimate of drug-likeness (QED) is 0.598. The molecular formula is C13H17IO. The standard InChI is InChI=1S/C13H17IO/c1-9(2)5-6-15-13-8-11(4)10(3)7-12(13)14/h5,7-8H,6H2,1-4H3. The van der Waals surface area contributed by atoms with Gasteiger partial charge in [0, 0.05) is 0 Å². The molecule has 0 unspecified atom stereocenters. The van der Waals surface area contributed by atoms with E-state index in [-0.39, 0.29) is 0 Å². The lowest BCUT2D eigenvalue weighted by molar-refractivity contribution is 0.359. The van der Waals surface area contributed by atoms with Gasteiger partial charge in [-0.25, -0.2) is 0 Å². The predicted octanol–water partition coefficient (Wildman–Crippen LogP) is 4.25. The van der Waals surface area contributed by atoms with Crippen molar-refractivity contribution in [3.8, 4) is 5.75 Å². The summed E-state index contributed by atoms with van der Waals surface area (Å²) in [5.74, 6) is 0.983. The molecule has 0 atom stereocenters. The van der Waals surface area contributed by atoms with Gasteiger partial charge < -0.3 is 4.74 Å². The maximum absolute atomic E-state index is 5.70. The molecular weight excluding hydrogens is 299 g/mol. The van der Waals surface area contributed by atoms with E-state index in [4.69, 9.17) is 4.74 Å². The molecule has 0 saturated heterocycles. The first-order valence-corrected chi connectivity index (χ1v) is 6.11. The Morgan fingerprint density at radius 1 is 1.27 bits per heavy atom. The van der Waals surface area contributed by atoms with Crippen molar-refractivity contribution >= 4 is 22.6 Å². The van der Waals surface area contributed by atoms with E-state index >= 15 is 0 Å². The molecule has 0 amide bonds. The van der Waals surface area contributed by atoms with Gasteiger partial charge in [-0.1, -0.05) is 5.57 Å². The van der Waals surface area contributed by atoms with Crippen molar-refractivity contribution in [2.75, 3.05) is 6.61 Å². The SMILES string of the molecule is CC(C)=CCOc1cc(C)c(C)cc1I. The summed E-state index contributed by atoms with van der Waals surface area (Å²) in [5.41, 5.74) is 3.88. The van der Waals surface area contributed by atoms with Crippen LogP contribution >= 0.6 is 22.6 Å². The summed E-state index contributed by atoms with van der Waals surface area (Å²) in [4.78, 5) is 0. The number of ether oxygens (including phenoxy) is 1. The molecule has 1 aromatic carbocycles. The van der Waals surface area contributed by atoms with Crippen molar-refractivity contribution in [2.24, 2.45) is 0 Å². The van der Waals surface area contributed by atoms with Crippen LogP contribution in [0.25, 0.3) is 0 Å². The molecule has 0 aliphatic rings. The number of halogens is 1. The highest BCUT2D eigenvalue weighted by Crippen LogP contribution is 2.24. The minimum absolute atomic E-state index is 0.654. The van der Waals surface area contributed by atoms with Crippen molar-refractivity contribution in [1.29, 1.82) is 0 Å². The topological polar surface area (TPSA) is 9.23 Å². The molecule has 2 heteroatoms. The van der Waals surface area contributed by atoms with Crippen LogP contribution in [0.1, 0.15) is 25.0 Å². The monoisotopic (exact) mass is 316 g/mol. The number of hydrogen-bond donors (Lipinski definition) is 0. The third kappa shape index (κ3) is 3.86. The molecule has 0 aromatic heterocycles. The van der Waals surface area contributed by atoms with E-state index in [0.29, 0.717) is 6.61 Å². The Kier molecular flexibility index (Phi) is 4.64. The van der Waals surface area contributed by atoms with Gasteiger partial charge >= 0.3 is 0 Å². The van der Waals surface area contributed by atoms with Gasteiger partial charge in [-0.2, -0.15) is 0 Å². The second kappa shape index (κ2) is 5.54. The molecule has 0 bridgehead atoms. The maximum atomic E-state index is 5.70. The summed E-state index contributed by atoms with van der Waals surface area (Å²) in [5, 5.41) is 0. The Hall–Kier alpha value is -0.510. The largest absolute Gasteiger partial charge is 0.488 e. The van der Waals surface area contributed by atoms with Crippen LogP contribution in [0.15, 0.2) is 23.8 Å². The van der Waals surface area contributed by atoms with Crippen LogP contribution in [0, 0.1) is 17.4 Å². The lowest BCUT2D eigenvalue weighted by Gasteiger charge is -2.09. The van der Waals surface area contributed by atoms with Crippen LogP contribution < -0.4 is 4.74 Å². The fraction of sp³-hybridized carbons (Fsp3) is 0.385. The number of allylic oxidation sites excluding steroid dienone is 1. The molecule has 0 N–H and O–H groups in total. The molecule has 0 spiro atoms. The Morgan fingerprint density at radius 2 is 1.87 bits per heavy atom. The zero-order chi connectivity index (χ0) is 11.4.